The number of hydrogen-bond acceptors (Lipinski definition) is 3. The molecule has 0 aliphatic heterocycles. The van der Waals surface area contributed by atoms with Crippen LogP contribution in [0, 0.1) is 6.92 Å². The predicted molar refractivity (Wildman–Crippen MR) is 79.2 cm³/mol. The molecule has 4 heteroatoms. The topological polar surface area (TPSA) is 35.5 Å². The summed E-state index contributed by atoms with van der Waals surface area (Å²) in [5.74, 6) is 1.05. The molecular formula is C16H15ClO3. The second kappa shape index (κ2) is 5.97. The molecule has 2 rings (SSSR count). The number of halogens is 1. The number of aryl methyl sites for hydroxylation is 1. The van der Waals surface area contributed by atoms with E-state index in [1.54, 1.807) is 50.6 Å². The van der Waals surface area contributed by atoms with Gasteiger partial charge in [0.2, 0.25) is 0 Å². The molecule has 3 nitrogen and oxygen atoms in total. The van der Waals surface area contributed by atoms with Crippen LogP contribution in [0.25, 0.3) is 0 Å². The van der Waals surface area contributed by atoms with Crippen molar-refractivity contribution in [1.29, 1.82) is 0 Å². The Morgan fingerprint density at radius 2 is 1.55 bits per heavy atom. The minimum absolute atomic E-state index is 0.0780. The van der Waals surface area contributed by atoms with Crippen molar-refractivity contribution in [2.75, 3.05) is 14.2 Å². The van der Waals surface area contributed by atoms with E-state index in [0.717, 1.165) is 5.56 Å². The monoisotopic (exact) mass is 290 g/mol. The number of methoxy groups -OCH3 is 2. The van der Waals surface area contributed by atoms with Crippen molar-refractivity contribution in [1.82, 2.24) is 0 Å². The van der Waals surface area contributed by atoms with Gasteiger partial charge >= 0.3 is 0 Å². The van der Waals surface area contributed by atoms with E-state index >= 15 is 0 Å². The van der Waals surface area contributed by atoms with Crippen molar-refractivity contribution in [3.8, 4) is 11.5 Å². The van der Waals surface area contributed by atoms with E-state index in [4.69, 9.17) is 21.1 Å². The third kappa shape index (κ3) is 2.78. The number of carbonyl (C=O) groups is 1. The molecule has 0 bridgehead atoms. The lowest BCUT2D eigenvalue weighted by Crippen LogP contribution is -2.03. The summed E-state index contributed by atoms with van der Waals surface area (Å²) in [6, 6.07) is 10.3. The fourth-order valence-corrected chi connectivity index (χ4v) is 2.05. The van der Waals surface area contributed by atoms with E-state index in [2.05, 4.69) is 0 Å². The molecule has 0 radical (unpaired) electrons. The van der Waals surface area contributed by atoms with Crippen LogP contribution in [0.5, 0.6) is 11.5 Å². The van der Waals surface area contributed by atoms with Gasteiger partial charge < -0.3 is 9.47 Å². The Balaban J connectivity index is 2.40. The van der Waals surface area contributed by atoms with E-state index in [-0.39, 0.29) is 5.78 Å². The largest absolute Gasteiger partial charge is 0.493 e. The zero-order chi connectivity index (χ0) is 14.7. The quantitative estimate of drug-likeness (QED) is 0.801. The van der Waals surface area contributed by atoms with Crippen LogP contribution in [0.15, 0.2) is 36.4 Å². The van der Waals surface area contributed by atoms with E-state index in [0.29, 0.717) is 27.6 Å². The van der Waals surface area contributed by atoms with Gasteiger partial charge in [-0.05, 0) is 48.9 Å². The van der Waals surface area contributed by atoms with E-state index in [1.165, 1.54) is 0 Å². The van der Waals surface area contributed by atoms with Gasteiger partial charge in [-0.25, -0.2) is 0 Å². The van der Waals surface area contributed by atoms with Crippen molar-refractivity contribution < 1.29 is 14.3 Å². The van der Waals surface area contributed by atoms with E-state index < -0.39 is 0 Å². The van der Waals surface area contributed by atoms with Crippen LogP contribution in [0.2, 0.25) is 5.02 Å². The average Bonchev–Trinajstić information content (AvgIpc) is 2.48. The number of rotatable bonds is 4. The van der Waals surface area contributed by atoms with E-state index in [9.17, 15) is 4.79 Å². The second-order valence-corrected chi connectivity index (χ2v) is 4.77. The van der Waals surface area contributed by atoms with Gasteiger partial charge in [0.05, 0.1) is 14.2 Å². The van der Waals surface area contributed by atoms with Gasteiger partial charge in [-0.3, -0.25) is 4.79 Å². The maximum Gasteiger partial charge on any atom is 0.193 e. The van der Waals surface area contributed by atoms with E-state index in [1.807, 2.05) is 6.92 Å². The minimum atomic E-state index is -0.0780. The zero-order valence-corrected chi connectivity index (χ0v) is 12.3. The third-order valence-corrected chi connectivity index (χ3v) is 3.49. The van der Waals surface area contributed by atoms with Crippen molar-refractivity contribution in [3.05, 3.63) is 58.1 Å². The fourth-order valence-electron chi connectivity index (χ4n) is 1.93. The number of ether oxygens (including phenoxy) is 2. The van der Waals surface area contributed by atoms with Gasteiger partial charge in [0, 0.05) is 16.1 Å². The van der Waals surface area contributed by atoms with Crippen LogP contribution in [0.3, 0.4) is 0 Å². The predicted octanol–water partition coefficient (Wildman–Crippen LogP) is 3.90. The summed E-state index contributed by atoms with van der Waals surface area (Å²) in [4.78, 5) is 12.4. The first-order chi connectivity index (χ1) is 9.56. The molecular weight excluding hydrogens is 276 g/mol. The Labute approximate surface area is 123 Å². The smallest absolute Gasteiger partial charge is 0.193 e. The Morgan fingerprint density at radius 3 is 2.15 bits per heavy atom. The molecule has 0 aromatic heterocycles. The molecule has 0 spiro atoms. The summed E-state index contributed by atoms with van der Waals surface area (Å²) >= 11 is 5.97. The van der Waals surface area contributed by atoms with Gasteiger partial charge in [-0.1, -0.05) is 11.6 Å². The molecule has 0 amide bonds. The Hall–Kier alpha value is -2.00. The maximum atomic E-state index is 12.4. The summed E-state index contributed by atoms with van der Waals surface area (Å²) in [5, 5.41) is 0.647. The molecule has 0 fully saturated rings. The van der Waals surface area contributed by atoms with Gasteiger partial charge in [0.15, 0.2) is 17.3 Å². The molecule has 2 aromatic rings. The fraction of sp³-hybridized carbons (Fsp3) is 0.188. The van der Waals surface area contributed by atoms with Crippen molar-refractivity contribution in [2.24, 2.45) is 0 Å². The van der Waals surface area contributed by atoms with Crippen LogP contribution >= 0.6 is 11.6 Å². The maximum absolute atomic E-state index is 12.4. The highest BCUT2D eigenvalue weighted by Gasteiger charge is 2.13. The van der Waals surface area contributed by atoms with Gasteiger partial charge in [0.1, 0.15) is 0 Å². The molecule has 0 unspecified atom stereocenters. The summed E-state index contributed by atoms with van der Waals surface area (Å²) in [7, 11) is 3.10. The van der Waals surface area contributed by atoms with Crippen LogP contribution in [-0.4, -0.2) is 20.0 Å². The highest BCUT2D eigenvalue weighted by atomic mass is 35.5. The molecule has 2 aromatic carbocycles. The molecule has 104 valence electrons. The molecule has 0 N–H and O–H groups in total. The number of carbonyl (C=O) groups excluding carboxylic acids is 1. The molecule has 20 heavy (non-hydrogen) atoms. The number of benzene rings is 2. The Morgan fingerprint density at radius 1 is 0.950 bits per heavy atom. The molecule has 0 aliphatic rings. The minimum Gasteiger partial charge on any atom is -0.493 e. The first kappa shape index (κ1) is 14.4. The third-order valence-electron chi connectivity index (χ3n) is 3.07. The van der Waals surface area contributed by atoms with Gasteiger partial charge in [0.25, 0.3) is 0 Å². The first-order valence-corrected chi connectivity index (χ1v) is 6.47. The standard InChI is InChI=1S/C16H15ClO3/c1-10-8-11(4-6-13(10)17)16(18)12-5-7-14(19-2)15(9-12)20-3/h4-9H,1-3H3. The van der Waals surface area contributed by atoms with Gasteiger partial charge in [-0.15, -0.1) is 0 Å². The van der Waals surface area contributed by atoms with Crippen molar-refractivity contribution >= 4 is 17.4 Å². The molecule has 0 saturated carbocycles. The Kier molecular flexibility index (Phi) is 4.30. The lowest BCUT2D eigenvalue weighted by Gasteiger charge is -2.09. The highest BCUT2D eigenvalue weighted by molar-refractivity contribution is 6.31. The van der Waals surface area contributed by atoms with Crippen LogP contribution in [0.4, 0.5) is 0 Å². The van der Waals surface area contributed by atoms with Crippen LogP contribution in [-0.2, 0) is 0 Å². The van der Waals surface area contributed by atoms with Crippen molar-refractivity contribution in [2.45, 2.75) is 6.92 Å². The Bertz CT molecular complexity index is 650. The number of ketones is 1. The van der Waals surface area contributed by atoms with Crippen LogP contribution < -0.4 is 9.47 Å². The van der Waals surface area contributed by atoms with Crippen molar-refractivity contribution in [3.63, 3.8) is 0 Å². The lowest BCUT2D eigenvalue weighted by atomic mass is 10.0. The van der Waals surface area contributed by atoms with Crippen LogP contribution in [0.1, 0.15) is 21.5 Å². The second-order valence-electron chi connectivity index (χ2n) is 4.36. The summed E-state index contributed by atoms with van der Waals surface area (Å²) < 4.78 is 10.4. The first-order valence-electron chi connectivity index (χ1n) is 6.09. The molecule has 0 saturated heterocycles. The number of hydrogen-bond donors (Lipinski definition) is 0. The SMILES string of the molecule is COc1ccc(C(=O)c2ccc(Cl)c(C)c2)cc1OC. The van der Waals surface area contributed by atoms with Gasteiger partial charge in [-0.2, -0.15) is 0 Å². The molecule has 0 atom stereocenters. The normalized spacial score (nSPS) is 10.2. The summed E-state index contributed by atoms with van der Waals surface area (Å²) in [5.41, 5.74) is 2.02. The zero-order valence-electron chi connectivity index (χ0n) is 11.6. The molecule has 0 aliphatic carbocycles. The lowest BCUT2D eigenvalue weighted by molar-refractivity contribution is 0.103. The molecule has 0 heterocycles. The summed E-state index contributed by atoms with van der Waals surface area (Å²) in [6.45, 7) is 1.87. The summed E-state index contributed by atoms with van der Waals surface area (Å²) in [6.07, 6.45) is 0. The highest BCUT2D eigenvalue weighted by Crippen LogP contribution is 2.29. The average molecular weight is 291 g/mol.